The van der Waals surface area contributed by atoms with Crippen molar-refractivity contribution in [2.24, 2.45) is 11.8 Å². The van der Waals surface area contributed by atoms with Crippen LogP contribution in [0.25, 0.3) is 0 Å². The van der Waals surface area contributed by atoms with Gasteiger partial charge in [-0.15, -0.1) is 11.6 Å². The van der Waals surface area contributed by atoms with Crippen LogP contribution in [0.2, 0.25) is 0 Å². The third-order valence-electron chi connectivity index (χ3n) is 3.51. The minimum absolute atomic E-state index is 0.469. The van der Waals surface area contributed by atoms with Crippen LogP contribution in [0.15, 0.2) is 12.2 Å². The molecule has 0 N–H and O–H groups in total. The summed E-state index contributed by atoms with van der Waals surface area (Å²) in [5.41, 5.74) is 1.46. The average Bonchev–Trinajstić information content (AvgIpc) is 2.04. The van der Waals surface area contributed by atoms with Gasteiger partial charge in [-0.1, -0.05) is 18.6 Å². The van der Waals surface area contributed by atoms with Crippen molar-refractivity contribution in [3.05, 3.63) is 12.2 Å². The molecule has 0 aromatic rings. The second kappa shape index (κ2) is 3.41. The van der Waals surface area contributed by atoms with E-state index in [9.17, 15) is 0 Å². The zero-order valence-corrected chi connectivity index (χ0v) is 8.32. The fourth-order valence-electron chi connectivity index (χ4n) is 2.81. The maximum Gasteiger partial charge on any atom is 0.0367 e. The lowest BCUT2D eigenvalue weighted by atomic mass is 9.69. The van der Waals surface area contributed by atoms with E-state index in [-0.39, 0.29) is 0 Å². The van der Waals surface area contributed by atoms with Gasteiger partial charge >= 0.3 is 0 Å². The number of hydrogen-bond donors (Lipinski definition) is 0. The molecule has 0 aromatic heterocycles. The molecule has 0 saturated heterocycles. The molecule has 2 rings (SSSR count). The summed E-state index contributed by atoms with van der Waals surface area (Å²) in [6.45, 7) is 4.09. The fraction of sp³-hybridized carbons (Fsp3) is 0.818. The Morgan fingerprint density at radius 1 is 1.25 bits per heavy atom. The van der Waals surface area contributed by atoms with Crippen molar-refractivity contribution in [3.8, 4) is 0 Å². The Morgan fingerprint density at radius 3 is 2.92 bits per heavy atom. The van der Waals surface area contributed by atoms with Crippen molar-refractivity contribution in [1.82, 2.24) is 0 Å². The van der Waals surface area contributed by atoms with Crippen LogP contribution in [0, 0.1) is 11.8 Å². The predicted molar refractivity (Wildman–Crippen MR) is 53.5 cm³/mol. The summed E-state index contributed by atoms with van der Waals surface area (Å²) in [6, 6.07) is 0. The minimum atomic E-state index is 0.469. The molecule has 3 atom stereocenters. The fourth-order valence-corrected chi connectivity index (χ4v) is 3.30. The topological polar surface area (TPSA) is 0 Å². The monoisotopic (exact) mass is 184 g/mol. The van der Waals surface area contributed by atoms with Crippen LogP contribution < -0.4 is 0 Å². The largest absolute Gasteiger partial charge is 0.123 e. The highest BCUT2D eigenvalue weighted by Crippen LogP contribution is 2.43. The van der Waals surface area contributed by atoms with Crippen molar-refractivity contribution in [3.63, 3.8) is 0 Å². The van der Waals surface area contributed by atoms with Gasteiger partial charge < -0.3 is 0 Å². The predicted octanol–water partition coefficient (Wildman–Crippen LogP) is 3.75. The van der Waals surface area contributed by atoms with Crippen LogP contribution in [0.3, 0.4) is 0 Å². The van der Waals surface area contributed by atoms with Crippen molar-refractivity contribution >= 4 is 11.6 Å². The van der Waals surface area contributed by atoms with E-state index in [0.717, 1.165) is 11.8 Å². The lowest BCUT2D eigenvalue weighted by Crippen LogP contribution is -2.31. The number of fused-ring (bicyclic) bond motifs is 1. The van der Waals surface area contributed by atoms with Gasteiger partial charge in [-0.3, -0.25) is 0 Å². The normalized spacial score (nSPS) is 42.4. The highest BCUT2D eigenvalue weighted by molar-refractivity contribution is 6.20. The highest BCUT2D eigenvalue weighted by atomic mass is 35.5. The van der Waals surface area contributed by atoms with Gasteiger partial charge in [-0.05, 0) is 43.9 Å². The lowest BCUT2D eigenvalue weighted by Gasteiger charge is -2.39. The second-order valence-electron chi connectivity index (χ2n) is 4.36. The van der Waals surface area contributed by atoms with Gasteiger partial charge in [0.25, 0.3) is 0 Å². The Kier molecular flexibility index (Phi) is 2.45. The molecule has 0 amide bonds. The summed E-state index contributed by atoms with van der Waals surface area (Å²) in [5, 5.41) is 0.469. The van der Waals surface area contributed by atoms with Gasteiger partial charge in [0, 0.05) is 5.38 Å². The molecule has 0 aromatic carbocycles. The van der Waals surface area contributed by atoms with E-state index in [4.69, 9.17) is 11.6 Å². The first-order valence-corrected chi connectivity index (χ1v) is 5.51. The van der Waals surface area contributed by atoms with Crippen molar-refractivity contribution < 1.29 is 0 Å². The summed E-state index contributed by atoms with van der Waals surface area (Å²) in [6.07, 6.45) is 7.76. The zero-order valence-electron chi connectivity index (χ0n) is 7.56. The van der Waals surface area contributed by atoms with Crippen molar-refractivity contribution in [2.75, 3.05) is 0 Å². The van der Waals surface area contributed by atoms with Crippen LogP contribution in [-0.4, -0.2) is 5.38 Å². The molecule has 1 heteroatoms. The molecule has 2 aliphatic rings. The smallest absolute Gasteiger partial charge is 0.0367 e. The van der Waals surface area contributed by atoms with Gasteiger partial charge in [-0.2, -0.15) is 0 Å². The average molecular weight is 185 g/mol. The van der Waals surface area contributed by atoms with Crippen molar-refractivity contribution in [2.45, 2.75) is 43.9 Å². The lowest BCUT2D eigenvalue weighted by molar-refractivity contribution is 0.204. The molecule has 2 aliphatic carbocycles. The minimum Gasteiger partial charge on any atom is -0.123 e. The van der Waals surface area contributed by atoms with E-state index in [2.05, 4.69) is 6.58 Å². The molecule has 0 nitrogen and oxygen atoms in total. The molecule has 12 heavy (non-hydrogen) atoms. The first-order valence-electron chi connectivity index (χ1n) is 5.08. The van der Waals surface area contributed by atoms with Gasteiger partial charge in [0.15, 0.2) is 0 Å². The summed E-state index contributed by atoms with van der Waals surface area (Å²) in [4.78, 5) is 0. The Labute approximate surface area is 80.0 Å². The number of hydrogen-bond acceptors (Lipinski definition) is 0. The van der Waals surface area contributed by atoms with E-state index in [1.54, 1.807) is 0 Å². The molecule has 0 heterocycles. The molecular formula is C11H17Cl. The molecule has 2 fully saturated rings. The molecule has 3 unspecified atom stereocenters. The van der Waals surface area contributed by atoms with E-state index in [0.29, 0.717) is 5.38 Å². The summed E-state index contributed by atoms with van der Waals surface area (Å²) >= 11 is 6.31. The molecule has 0 spiro atoms. The van der Waals surface area contributed by atoms with Gasteiger partial charge in [-0.25, -0.2) is 0 Å². The summed E-state index contributed by atoms with van der Waals surface area (Å²) in [5.74, 6) is 1.69. The number of rotatable bonds is 0. The quantitative estimate of drug-likeness (QED) is 0.398. The summed E-state index contributed by atoms with van der Waals surface area (Å²) < 4.78 is 0. The van der Waals surface area contributed by atoms with E-state index in [1.165, 1.54) is 44.1 Å². The Morgan fingerprint density at radius 2 is 2.08 bits per heavy atom. The van der Waals surface area contributed by atoms with Gasteiger partial charge in [0.2, 0.25) is 0 Å². The summed E-state index contributed by atoms with van der Waals surface area (Å²) in [7, 11) is 0. The molecule has 2 saturated carbocycles. The van der Waals surface area contributed by atoms with E-state index in [1.807, 2.05) is 0 Å². The van der Waals surface area contributed by atoms with Crippen molar-refractivity contribution in [1.29, 1.82) is 0 Å². The molecule has 68 valence electrons. The second-order valence-corrected chi connectivity index (χ2v) is 4.92. The molecular weight excluding hydrogens is 168 g/mol. The first-order chi connectivity index (χ1) is 5.77. The standard InChI is InChI=1S/C11H17Cl/c1-8-5-6-10-9(7-8)3-2-4-11(10)12/h9-11H,1-7H2. The highest BCUT2D eigenvalue weighted by Gasteiger charge is 2.34. The van der Waals surface area contributed by atoms with Gasteiger partial charge in [0.1, 0.15) is 0 Å². The molecule has 0 radical (unpaired) electrons. The maximum absolute atomic E-state index is 6.31. The first kappa shape index (κ1) is 8.62. The van der Waals surface area contributed by atoms with Gasteiger partial charge in [0.05, 0.1) is 0 Å². The molecule has 0 bridgehead atoms. The van der Waals surface area contributed by atoms with E-state index >= 15 is 0 Å². The number of allylic oxidation sites excluding steroid dienone is 1. The van der Waals surface area contributed by atoms with Crippen LogP contribution in [0.5, 0.6) is 0 Å². The zero-order chi connectivity index (χ0) is 8.55. The Bertz CT molecular complexity index is 185. The maximum atomic E-state index is 6.31. The van der Waals surface area contributed by atoms with Crippen LogP contribution in [-0.2, 0) is 0 Å². The van der Waals surface area contributed by atoms with E-state index < -0.39 is 0 Å². The SMILES string of the molecule is C=C1CCC2C(Cl)CCCC2C1. The van der Waals surface area contributed by atoms with Crippen LogP contribution >= 0.6 is 11.6 Å². The van der Waals surface area contributed by atoms with Crippen LogP contribution in [0.1, 0.15) is 38.5 Å². The third-order valence-corrected chi connectivity index (χ3v) is 4.05. The molecule has 0 aliphatic heterocycles. The Hall–Kier alpha value is 0.0300. The van der Waals surface area contributed by atoms with Crippen LogP contribution in [0.4, 0.5) is 0 Å². The Balaban J connectivity index is 2.04. The third kappa shape index (κ3) is 1.54. The number of halogens is 1. The number of alkyl halides is 1.